The van der Waals surface area contributed by atoms with E-state index >= 15 is 0 Å². The standard InChI is InChI=1S/C17H21N3O4/c1-12(17(23)20(3)10-4-9-18)24-16(22)11-14-5-7-15(8-6-14)19-13(2)21/h5-8,12H,4,10-11H2,1-3H3,(H,19,21)/t12-/m1/s1. The van der Waals surface area contributed by atoms with Gasteiger partial charge in [-0.05, 0) is 24.6 Å². The van der Waals surface area contributed by atoms with Crippen LogP contribution in [0.5, 0.6) is 0 Å². The second-order valence-corrected chi connectivity index (χ2v) is 5.35. The molecule has 128 valence electrons. The van der Waals surface area contributed by atoms with Gasteiger partial charge in [-0.1, -0.05) is 12.1 Å². The number of anilines is 1. The number of esters is 1. The van der Waals surface area contributed by atoms with Gasteiger partial charge in [-0.3, -0.25) is 14.4 Å². The third-order valence-electron chi connectivity index (χ3n) is 3.21. The molecule has 24 heavy (non-hydrogen) atoms. The van der Waals surface area contributed by atoms with Crippen LogP contribution in [0.25, 0.3) is 0 Å². The van der Waals surface area contributed by atoms with Crippen molar-refractivity contribution in [2.24, 2.45) is 0 Å². The van der Waals surface area contributed by atoms with Crippen molar-refractivity contribution in [2.75, 3.05) is 18.9 Å². The molecule has 0 saturated heterocycles. The number of likely N-dealkylation sites (N-methyl/N-ethyl adjacent to an activating group) is 1. The maximum absolute atomic E-state index is 12.0. The van der Waals surface area contributed by atoms with E-state index in [1.807, 2.05) is 6.07 Å². The SMILES string of the molecule is CC(=O)Nc1ccc(CC(=O)O[C@H](C)C(=O)N(C)CCC#N)cc1. The number of hydrogen-bond donors (Lipinski definition) is 1. The first-order valence-corrected chi connectivity index (χ1v) is 7.51. The normalized spacial score (nSPS) is 11.1. The number of benzene rings is 1. The molecule has 0 heterocycles. The molecule has 0 fully saturated rings. The minimum Gasteiger partial charge on any atom is -0.452 e. The van der Waals surface area contributed by atoms with Gasteiger partial charge in [0, 0.05) is 26.2 Å². The molecule has 0 saturated carbocycles. The van der Waals surface area contributed by atoms with Crippen LogP contribution in [0, 0.1) is 11.3 Å². The van der Waals surface area contributed by atoms with Crippen molar-refractivity contribution in [1.29, 1.82) is 5.26 Å². The summed E-state index contributed by atoms with van der Waals surface area (Å²) in [5, 5.41) is 11.1. The van der Waals surface area contributed by atoms with Crippen LogP contribution in [0.1, 0.15) is 25.8 Å². The Hall–Kier alpha value is -2.88. The lowest BCUT2D eigenvalue weighted by molar-refractivity contribution is -0.157. The molecule has 0 aliphatic rings. The molecule has 0 unspecified atom stereocenters. The van der Waals surface area contributed by atoms with Gasteiger partial charge in [0.25, 0.3) is 5.91 Å². The maximum Gasteiger partial charge on any atom is 0.311 e. The average Bonchev–Trinajstić information content (AvgIpc) is 2.53. The molecule has 0 aliphatic carbocycles. The van der Waals surface area contributed by atoms with E-state index in [9.17, 15) is 14.4 Å². The van der Waals surface area contributed by atoms with Gasteiger partial charge in [-0.25, -0.2) is 0 Å². The minimum atomic E-state index is -0.903. The second-order valence-electron chi connectivity index (χ2n) is 5.35. The van der Waals surface area contributed by atoms with E-state index in [1.54, 1.807) is 31.3 Å². The van der Waals surface area contributed by atoms with Gasteiger partial charge in [0.1, 0.15) is 0 Å². The molecule has 1 rings (SSSR count). The summed E-state index contributed by atoms with van der Waals surface area (Å²) in [6.45, 7) is 3.21. The number of nitrogens with one attached hydrogen (secondary N) is 1. The third-order valence-corrected chi connectivity index (χ3v) is 3.21. The zero-order chi connectivity index (χ0) is 18.1. The van der Waals surface area contributed by atoms with Crippen molar-refractivity contribution < 1.29 is 19.1 Å². The van der Waals surface area contributed by atoms with E-state index in [1.165, 1.54) is 18.7 Å². The predicted molar refractivity (Wildman–Crippen MR) is 87.9 cm³/mol. The molecule has 0 bridgehead atoms. The zero-order valence-electron chi connectivity index (χ0n) is 14.0. The van der Waals surface area contributed by atoms with Crippen molar-refractivity contribution in [1.82, 2.24) is 4.90 Å². The third kappa shape index (κ3) is 6.48. The van der Waals surface area contributed by atoms with Gasteiger partial charge < -0.3 is 15.0 Å². The first-order chi connectivity index (χ1) is 11.3. The number of carbonyl (C=O) groups is 3. The largest absolute Gasteiger partial charge is 0.452 e. The van der Waals surface area contributed by atoms with E-state index in [2.05, 4.69) is 5.32 Å². The molecular weight excluding hydrogens is 310 g/mol. The van der Waals surface area contributed by atoms with E-state index < -0.39 is 12.1 Å². The molecule has 1 aromatic carbocycles. The topological polar surface area (TPSA) is 99.5 Å². The monoisotopic (exact) mass is 331 g/mol. The highest BCUT2D eigenvalue weighted by Gasteiger charge is 2.21. The van der Waals surface area contributed by atoms with Crippen molar-refractivity contribution in [3.63, 3.8) is 0 Å². The van der Waals surface area contributed by atoms with Gasteiger partial charge in [0.05, 0.1) is 18.9 Å². The summed E-state index contributed by atoms with van der Waals surface area (Å²) in [5.41, 5.74) is 1.36. The number of carbonyl (C=O) groups excluding carboxylic acids is 3. The summed E-state index contributed by atoms with van der Waals surface area (Å²) in [5.74, 6) is -1.04. The van der Waals surface area contributed by atoms with Crippen LogP contribution in [0.2, 0.25) is 0 Å². The van der Waals surface area contributed by atoms with Crippen LogP contribution < -0.4 is 5.32 Å². The summed E-state index contributed by atoms with van der Waals surface area (Å²) in [6, 6.07) is 8.74. The first-order valence-electron chi connectivity index (χ1n) is 7.51. The molecule has 0 radical (unpaired) electrons. The highest BCUT2D eigenvalue weighted by atomic mass is 16.5. The van der Waals surface area contributed by atoms with E-state index in [4.69, 9.17) is 10.00 Å². The fraction of sp³-hybridized carbons (Fsp3) is 0.412. The Balaban J connectivity index is 2.51. The summed E-state index contributed by atoms with van der Waals surface area (Å²) < 4.78 is 5.13. The zero-order valence-corrected chi connectivity index (χ0v) is 14.0. The molecule has 7 heteroatoms. The van der Waals surface area contributed by atoms with Gasteiger partial charge in [-0.15, -0.1) is 0 Å². The minimum absolute atomic E-state index is 0.0277. The summed E-state index contributed by atoms with van der Waals surface area (Å²) >= 11 is 0. The quantitative estimate of drug-likeness (QED) is 0.763. The van der Waals surface area contributed by atoms with E-state index in [-0.39, 0.29) is 24.7 Å². The van der Waals surface area contributed by atoms with E-state index in [0.29, 0.717) is 17.8 Å². The van der Waals surface area contributed by atoms with Crippen LogP contribution in [0.15, 0.2) is 24.3 Å². The number of nitriles is 1. The summed E-state index contributed by atoms with van der Waals surface area (Å²) in [7, 11) is 1.56. The Labute approximate surface area is 141 Å². The smallest absolute Gasteiger partial charge is 0.311 e. The Morgan fingerprint density at radius 1 is 1.29 bits per heavy atom. The molecule has 7 nitrogen and oxygen atoms in total. The van der Waals surface area contributed by atoms with Gasteiger partial charge >= 0.3 is 5.97 Å². The van der Waals surface area contributed by atoms with Crippen molar-refractivity contribution in [3.8, 4) is 6.07 Å². The molecule has 0 aromatic heterocycles. The van der Waals surface area contributed by atoms with Crippen LogP contribution >= 0.6 is 0 Å². The number of ether oxygens (including phenoxy) is 1. The Kier molecular flexibility index (Phi) is 7.43. The number of rotatable bonds is 7. The van der Waals surface area contributed by atoms with Crippen LogP contribution in [-0.2, 0) is 25.5 Å². The Morgan fingerprint density at radius 2 is 1.92 bits per heavy atom. The number of nitrogens with zero attached hydrogens (tertiary/aromatic N) is 2. The summed E-state index contributed by atoms with van der Waals surface area (Å²) in [6.07, 6.45) is -0.650. The van der Waals surface area contributed by atoms with E-state index in [0.717, 1.165) is 0 Å². The summed E-state index contributed by atoms with van der Waals surface area (Å²) in [4.78, 5) is 36.2. The Bertz CT molecular complexity index is 634. The van der Waals surface area contributed by atoms with Crippen molar-refractivity contribution in [3.05, 3.63) is 29.8 Å². The van der Waals surface area contributed by atoms with Gasteiger partial charge in [0.15, 0.2) is 6.10 Å². The molecule has 0 aliphatic heterocycles. The molecule has 0 spiro atoms. The fourth-order valence-corrected chi connectivity index (χ4v) is 2.00. The molecule has 1 aromatic rings. The van der Waals surface area contributed by atoms with Crippen LogP contribution in [0.3, 0.4) is 0 Å². The van der Waals surface area contributed by atoms with Crippen LogP contribution in [0.4, 0.5) is 5.69 Å². The fourth-order valence-electron chi connectivity index (χ4n) is 2.00. The Morgan fingerprint density at radius 3 is 2.46 bits per heavy atom. The number of hydrogen-bond acceptors (Lipinski definition) is 5. The molecule has 1 N–H and O–H groups in total. The van der Waals surface area contributed by atoms with Gasteiger partial charge in [-0.2, -0.15) is 5.26 Å². The number of amides is 2. The highest BCUT2D eigenvalue weighted by Crippen LogP contribution is 2.11. The maximum atomic E-state index is 12.0. The highest BCUT2D eigenvalue weighted by molar-refractivity contribution is 5.88. The van der Waals surface area contributed by atoms with Crippen molar-refractivity contribution in [2.45, 2.75) is 32.8 Å². The lowest BCUT2D eigenvalue weighted by Gasteiger charge is -2.20. The van der Waals surface area contributed by atoms with Crippen LogP contribution in [-0.4, -0.2) is 42.4 Å². The molecule has 1 atom stereocenters. The lowest BCUT2D eigenvalue weighted by atomic mass is 10.1. The molecular formula is C17H21N3O4. The molecule has 2 amide bonds. The average molecular weight is 331 g/mol. The van der Waals surface area contributed by atoms with Gasteiger partial charge in [0.2, 0.25) is 5.91 Å². The van der Waals surface area contributed by atoms with Crippen molar-refractivity contribution >= 4 is 23.5 Å². The second kappa shape index (κ2) is 9.30. The first kappa shape index (κ1) is 19.2. The predicted octanol–water partition coefficient (Wildman–Crippen LogP) is 1.49. The lowest BCUT2D eigenvalue weighted by Crippen LogP contribution is -2.38.